The van der Waals surface area contributed by atoms with Gasteiger partial charge in [-0.2, -0.15) is 0 Å². The van der Waals surface area contributed by atoms with E-state index in [0.29, 0.717) is 38.0 Å². The van der Waals surface area contributed by atoms with Crippen LogP contribution in [0.2, 0.25) is 0 Å². The molecule has 2 aromatic carbocycles. The molecule has 10 heteroatoms. The number of aromatic hydroxyl groups is 1. The van der Waals surface area contributed by atoms with Crippen LogP contribution in [-0.2, 0) is 30.7 Å². The number of Topliss-reactive ketones (excluding diaryl/α,β-unsaturated/α-hetero) is 1. The molecule has 10 nitrogen and oxygen atoms in total. The van der Waals surface area contributed by atoms with Crippen molar-refractivity contribution in [2.75, 3.05) is 13.3 Å². The first kappa shape index (κ1) is 31.6. The number of allylic oxidation sites excluding steroid dienone is 1. The van der Waals surface area contributed by atoms with Crippen LogP contribution in [0.5, 0.6) is 11.5 Å². The van der Waals surface area contributed by atoms with Gasteiger partial charge in [0.2, 0.25) is 0 Å². The molecule has 2 aromatic rings. The number of nitrogens with zero attached hydrogens (tertiary/aromatic N) is 3. The quantitative estimate of drug-likeness (QED) is 0.207. The maximum Gasteiger partial charge on any atom is 0.163 e. The van der Waals surface area contributed by atoms with Crippen molar-refractivity contribution in [1.82, 2.24) is 4.90 Å². The molecule has 0 amide bonds. The molecule has 0 saturated carbocycles. The predicted molar refractivity (Wildman–Crippen MR) is 169 cm³/mol. The van der Waals surface area contributed by atoms with Gasteiger partial charge in [-0.3, -0.25) is 14.8 Å². The van der Waals surface area contributed by atoms with Gasteiger partial charge < -0.3 is 35.8 Å². The number of phenols is 1. The monoisotopic (exact) mass is 602 g/mol. The van der Waals surface area contributed by atoms with Crippen molar-refractivity contribution in [2.24, 2.45) is 15.7 Å². The molecule has 234 valence electrons. The van der Waals surface area contributed by atoms with Gasteiger partial charge in [-0.15, -0.1) is 0 Å². The van der Waals surface area contributed by atoms with E-state index in [0.717, 1.165) is 51.1 Å². The van der Waals surface area contributed by atoms with Gasteiger partial charge >= 0.3 is 0 Å². The highest BCUT2D eigenvalue weighted by Gasteiger charge is 2.27. The third-order valence-corrected chi connectivity index (χ3v) is 8.44. The van der Waals surface area contributed by atoms with Gasteiger partial charge in [0.1, 0.15) is 11.9 Å². The third kappa shape index (κ3) is 7.44. The summed E-state index contributed by atoms with van der Waals surface area (Å²) < 4.78 is 5.98. The molecular formula is C34H42N4O6. The highest BCUT2D eigenvalue weighted by atomic mass is 16.5. The average molecular weight is 603 g/mol. The van der Waals surface area contributed by atoms with Crippen molar-refractivity contribution in [2.45, 2.75) is 83.3 Å². The molecule has 3 atom stereocenters. The number of nitrogens with two attached hydrogens (primary N) is 1. The number of hydrogen-bond donors (Lipinski definition) is 5. The topological polar surface area (TPSA) is 161 Å². The number of benzene rings is 2. The SMILES string of the molecule is CCCC(O)CC(O)CC(=O)CCc1ccc(O)c(OCN2C=C3N=CC(Cc4c(CO)ccc5c4CC=NC5N)=C3C2)c1. The largest absolute Gasteiger partial charge is 0.504 e. The second kappa shape index (κ2) is 14.3. The van der Waals surface area contributed by atoms with Gasteiger partial charge in [0.15, 0.2) is 18.2 Å². The Morgan fingerprint density at radius 1 is 1.20 bits per heavy atom. The first-order chi connectivity index (χ1) is 21.2. The maximum absolute atomic E-state index is 12.4. The van der Waals surface area contributed by atoms with Gasteiger partial charge in [-0.05, 0) is 64.8 Å². The number of ether oxygens (including phenoxy) is 1. The number of carbonyl (C=O) groups is 1. The molecule has 5 rings (SSSR count). The van der Waals surface area contributed by atoms with E-state index in [4.69, 9.17) is 10.5 Å². The Morgan fingerprint density at radius 3 is 2.84 bits per heavy atom. The van der Waals surface area contributed by atoms with Crippen LogP contribution in [0.15, 0.2) is 63.4 Å². The summed E-state index contributed by atoms with van der Waals surface area (Å²) in [5, 5.41) is 40.4. The van der Waals surface area contributed by atoms with Gasteiger partial charge in [-0.1, -0.05) is 31.5 Å². The molecule has 3 unspecified atom stereocenters. The number of carbonyl (C=O) groups excluding carboxylic acids is 1. The van der Waals surface area contributed by atoms with Gasteiger partial charge in [0.25, 0.3) is 0 Å². The zero-order valence-electron chi connectivity index (χ0n) is 25.2. The summed E-state index contributed by atoms with van der Waals surface area (Å²) in [7, 11) is 0. The second-order valence-electron chi connectivity index (χ2n) is 11.8. The smallest absolute Gasteiger partial charge is 0.163 e. The summed E-state index contributed by atoms with van der Waals surface area (Å²) in [6.45, 7) is 2.71. The lowest BCUT2D eigenvalue weighted by Gasteiger charge is -2.23. The van der Waals surface area contributed by atoms with Crippen molar-refractivity contribution in [1.29, 1.82) is 0 Å². The number of fused-ring (bicyclic) bond motifs is 2. The van der Waals surface area contributed by atoms with Crippen LogP contribution in [0.1, 0.15) is 73.0 Å². The number of aliphatic hydroxyl groups is 3. The fourth-order valence-corrected chi connectivity index (χ4v) is 6.07. The molecule has 0 spiro atoms. The predicted octanol–water partition coefficient (Wildman–Crippen LogP) is 3.39. The normalized spacial score (nSPS) is 18.3. The Bertz CT molecular complexity index is 1500. The summed E-state index contributed by atoms with van der Waals surface area (Å²) >= 11 is 0. The number of rotatable bonds is 15. The van der Waals surface area contributed by atoms with Gasteiger partial charge in [-0.25, -0.2) is 0 Å². The number of phenolic OH excluding ortho intramolecular Hbond substituents is 1. The summed E-state index contributed by atoms with van der Waals surface area (Å²) in [4.78, 5) is 23.3. The van der Waals surface area contributed by atoms with Crippen molar-refractivity contribution in [3.63, 3.8) is 0 Å². The Kier molecular flexibility index (Phi) is 10.3. The first-order valence-electron chi connectivity index (χ1n) is 15.3. The van der Waals surface area contributed by atoms with Gasteiger partial charge in [0, 0.05) is 56.4 Å². The zero-order valence-corrected chi connectivity index (χ0v) is 25.2. The minimum atomic E-state index is -0.848. The van der Waals surface area contributed by atoms with Gasteiger partial charge in [0.05, 0.1) is 24.5 Å². The van der Waals surface area contributed by atoms with Crippen LogP contribution in [0.3, 0.4) is 0 Å². The zero-order chi connectivity index (χ0) is 31.2. The second-order valence-corrected chi connectivity index (χ2v) is 11.8. The molecule has 6 N–H and O–H groups in total. The third-order valence-electron chi connectivity index (χ3n) is 8.44. The van der Waals surface area contributed by atoms with E-state index in [2.05, 4.69) is 9.98 Å². The van der Waals surface area contributed by atoms with Crippen LogP contribution in [0.4, 0.5) is 0 Å². The van der Waals surface area contributed by atoms with Crippen LogP contribution in [0.25, 0.3) is 0 Å². The Balaban J connectivity index is 1.17. The highest BCUT2D eigenvalue weighted by molar-refractivity contribution is 5.88. The molecule has 0 aromatic heterocycles. The number of aliphatic hydroxyl groups excluding tert-OH is 3. The lowest BCUT2D eigenvalue weighted by Crippen LogP contribution is -2.22. The fraction of sp³-hybridized carbons (Fsp3) is 0.441. The Labute approximate surface area is 257 Å². The van der Waals surface area contributed by atoms with E-state index in [1.165, 1.54) is 0 Å². The van der Waals surface area contributed by atoms with E-state index >= 15 is 0 Å². The molecule has 3 aliphatic heterocycles. The number of ketones is 1. The molecular weight excluding hydrogens is 560 g/mol. The van der Waals surface area contributed by atoms with Crippen LogP contribution >= 0.6 is 0 Å². The number of aryl methyl sites for hydroxylation is 1. The summed E-state index contributed by atoms with van der Waals surface area (Å²) in [6, 6.07) is 8.94. The lowest BCUT2D eigenvalue weighted by atomic mass is 9.87. The first-order valence-corrected chi connectivity index (χ1v) is 15.3. The number of hydrogen-bond acceptors (Lipinski definition) is 10. The van der Waals surface area contributed by atoms with Crippen molar-refractivity contribution in [3.8, 4) is 11.5 Å². The minimum absolute atomic E-state index is 0.0116. The number of aliphatic imine (C=N–C) groups is 2. The summed E-state index contributed by atoms with van der Waals surface area (Å²) in [6.07, 6.45) is 7.49. The average Bonchev–Trinajstić information content (AvgIpc) is 3.57. The van der Waals surface area contributed by atoms with Crippen molar-refractivity contribution in [3.05, 3.63) is 81.2 Å². The van der Waals surface area contributed by atoms with E-state index < -0.39 is 18.4 Å². The van der Waals surface area contributed by atoms with Crippen LogP contribution in [-0.4, -0.2) is 69.0 Å². The maximum atomic E-state index is 12.4. The molecule has 0 saturated heterocycles. The van der Waals surface area contributed by atoms with Crippen LogP contribution < -0.4 is 10.5 Å². The molecule has 3 aliphatic rings. The van der Waals surface area contributed by atoms with E-state index in [9.17, 15) is 25.2 Å². The molecule has 0 fully saturated rings. The standard InChI is InChI=1S/C34H42N4O6/c1-2-3-24(40)14-26(42)15-25(41)7-4-21-5-9-32(43)33(12-21)44-20-38-17-30-23(16-37-31(30)18-38)13-29-22(19-39)6-8-28-27(29)10-11-36-34(28)35/h5-6,8-9,11-12,16,18,24,26,34,39-40,42-43H,2-4,7,10,13-15,17,19-20,35H2,1H3. The van der Waals surface area contributed by atoms with E-state index in [1.807, 2.05) is 42.6 Å². The van der Waals surface area contributed by atoms with E-state index in [-0.39, 0.29) is 44.1 Å². The molecule has 0 aliphatic carbocycles. The lowest BCUT2D eigenvalue weighted by molar-refractivity contribution is -0.121. The molecule has 3 heterocycles. The molecule has 0 radical (unpaired) electrons. The fourth-order valence-electron chi connectivity index (χ4n) is 6.07. The Hall–Kier alpha value is -3.83. The molecule has 44 heavy (non-hydrogen) atoms. The van der Waals surface area contributed by atoms with Crippen molar-refractivity contribution >= 4 is 18.2 Å². The summed E-state index contributed by atoms with van der Waals surface area (Å²) in [5.74, 6) is 0.263. The van der Waals surface area contributed by atoms with E-state index in [1.54, 1.807) is 18.2 Å². The highest BCUT2D eigenvalue weighted by Crippen LogP contribution is 2.35. The van der Waals surface area contributed by atoms with Crippen molar-refractivity contribution < 1.29 is 30.0 Å². The van der Waals surface area contributed by atoms with Crippen LogP contribution in [0, 0.1) is 0 Å². The minimum Gasteiger partial charge on any atom is -0.504 e. The Morgan fingerprint density at radius 2 is 2.05 bits per heavy atom. The molecule has 0 bridgehead atoms. The summed E-state index contributed by atoms with van der Waals surface area (Å²) in [5.41, 5.74) is 14.2.